The van der Waals surface area contributed by atoms with E-state index < -0.39 is 0 Å². The molecule has 3 heterocycles. The fraction of sp³-hybridized carbons (Fsp3) is 0.138. The molecule has 0 aliphatic carbocycles. The Balaban J connectivity index is 1.10. The van der Waals surface area contributed by atoms with Gasteiger partial charge in [-0.15, -0.1) is 0 Å². The topological polar surface area (TPSA) is 17.6 Å². The van der Waals surface area contributed by atoms with Crippen LogP contribution in [0.4, 0.5) is 0 Å². The second-order valence-electron chi connectivity index (χ2n) is 19.1. The summed E-state index contributed by atoms with van der Waals surface area (Å²) in [5.41, 5.74) is 15.9. The molecule has 12 aromatic rings. The highest BCUT2D eigenvalue weighted by molar-refractivity contribution is 6.27. The van der Waals surface area contributed by atoms with Crippen LogP contribution >= 0.6 is 0 Å². The quantitative estimate of drug-likeness (QED) is 0.175. The molecular weight excluding hydrogens is 727 g/mol. The Morgan fingerprint density at radius 1 is 0.333 bits per heavy atom. The standard InChI is InChI=1S/C58H45NO/c1-57(2,3)44-20-15-34(16-21-44)36-11-13-38-27-47-50-30-43(40-19-24-55-49(29-40)46-9-7-8-10-54(46)60-55)31-51-48-28-39-14-12-37(35-17-22-45(23-18-35)58(4,5)6)26-42(39)33-53(48)59(56(50)51)52(47)32-41(38)25-36/h7-33H,1-6H3. The van der Waals surface area contributed by atoms with Crippen LogP contribution in [0.3, 0.4) is 0 Å². The number of benzene rings is 9. The van der Waals surface area contributed by atoms with E-state index in [1.165, 1.54) is 104 Å². The fourth-order valence-corrected chi connectivity index (χ4v) is 9.79. The lowest BCUT2D eigenvalue weighted by atomic mass is 9.86. The van der Waals surface area contributed by atoms with Gasteiger partial charge in [0.05, 0.1) is 16.6 Å². The first-order valence-corrected chi connectivity index (χ1v) is 21.2. The Labute approximate surface area is 349 Å². The average Bonchev–Trinajstić information content (AvgIpc) is 3.89. The summed E-state index contributed by atoms with van der Waals surface area (Å²) in [5.74, 6) is 0. The second kappa shape index (κ2) is 12.3. The number of hydrogen-bond donors (Lipinski definition) is 0. The lowest BCUT2D eigenvalue weighted by Crippen LogP contribution is -2.10. The molecule has 0 bridgehead atoms. The van der Waals surface area contributed by atoms with E-state index in [0.29, 0.717) is 0 Å². The normalized spacial score (nSPS) is 12.8. The number of furan rings is 1. The van der Waals surface area contributed by atoms with Crippen molar-refractivity contribution in [1.82, 2.24) is 4.40 Å². The minimum absolute atomic E-state index is 0.118. The number of para-hydroxylation sites is 1. The predicted molar refractivity (Wildman–Crippen MR) is 257 cm³/mol. The predicted octanol–water partition coefficient (Wildman–Crippen LogP) is 16.6. The third-order valence-corrected chi connectivity index (χ3v) is 13.2. The molecular formula is C58H45NO. The summed E-state index contributed by atoms with van der Waals surface area (Å²) >= 11 is 0. The lowest BCUT2D eigenvalue weighted by Gasteiger charge is -2.19. The van der Waals surface area contributed by atoms with E-state index >= 15 is 0 Å². The van der Waals surface area contributed by atoms with Crippen LogP contribution in [0.15, 0.2) is 168 Å². The van der Waals surface area contributed by atoms with Crippen molar-refractivity contribution in [2.75, 3.05) is 0 Å². The lowest BCUT2D eigenvalue weighted by molar-refractivity contribution is 0.590. The van der Waals surface area contributed by atoms with Crippen molar-refractivity contribution in [2.45, 2.75) is 52.4 Å². The number of fused-ring (bicyclic) bond motifs is 11. The van der Waals surface area contributed by atoms with Crippen molar-refractivity contribution in [1.29, 1.82) is 0 Å². The van der Waals surface area contributed by atoms with E-state index in [-0.39, 0.29) is 10.8 Å². The number of hydrogen-bond acceptors (Lipinski definition) is 1. The number of rotatable bonds is 3. The molecule has 2 heteroatoms. The summed E-state index contributed by atoms with van der Waals surface area (Å²) in [6.45, 7) is 13.6. The van der Waals surface area contributed by atoms with Crippen molar-refractivity contribution in [2.24, 2.45) is 0 Å². The molecule has 0 saturated heterocycles. The zero-order chi connectivity index (χ0) is 40.7. The molecule has 0 saturated carbocycles. The van der Waals surface area contributed by atoms with Gasteiger partial charge in [-0.1, -0.05) is 139 Å². The molecule has 0 radical (unpaired) electrons. The van der Waals surface area contributed by atoms with Crippen LogP contribution in [0.1, 0.15) is 52.7 Å². The van der Waals surface area contributed by atoms with Crippen molar-refractivity contribution < 1.29 is 4.42 Å². The van der Waals surface area contributed by atoms with Crippen LogP contribution in [0.25, 0.3) is 115 Å². The van der Waals surface area contributed by atoms with Crippen molar-refractivity contribution in [3.8, 4) is 33.4 Å². The van der Waals surface area contributed by atoms with Gasteiger partial charge in [0, 0.05) is 32.3 Å². The molecule has 12 rings (SSSR count). The first-order valence-electron chi connectivity index (χ1n) is 21.2. The van der Waals surface area contributed by atoms with E-state index in [9.17, 15) is 0 Å². The highest BCUT2D eigenvalue weighted by Gasteiger charge is 2.22. The smallest absolute Gasteiger partial charge is 0.135 e. The SMILES string of the molecule is CC(C)(C)c1ccc(-c2ccc3cc4c5cc(-c6ccc7oc8ccccc8c7c6)cc6c7cc8ccc(-c9ccc(C(C)(C)C)cc9)cc8cc7n(c4cc3c2)c56)cc1. The zero-order valence-corrected chi connectivity index (χ0v) is 34.9. The molecule has 0 spiro atoms. The molecule has 0 amide bonds. The van der Waals surface area contributed by atoms with Crippen LogP contribution in [0, 0.1) is 0 Å². The minimum Gasteiger partial charge on any atom is -0.456 e. The number of aromatic nitrogens is 1. The molecule has 288 valence electrons. The molecule has 9 aromatic carbocycles. The molecule has 3 aromatic heterocycles. The van der Waals surface area contributed by atoms with E-state index in [1.807, 2.05) is 6.07 Å². The summed E-state index contributed by atoms with van der Waals surface area (Å²) in [6.07, 6.45) is 0. The van der Waals surface area contributed by atoms with Gasteiger partial charge >= 0.3 is 0 Å². The van der Waals surface area contributed by atoms with Crippen LogP contribution < -0.4 is 0 Å². The van der Waals surface area contributed by atoms with Crippen molar-refractivity contribution in [3.63, 3.8) is 0 Å². The molecule has 0 aliphatic rings. The van der Waals surface area contributed by atoms with Crippen LogP contribution in [0.5, 0.6) is 0 Å². The van der Waals surface area contributed by atoms with E-state index in [1.54, 1.807) is 0 Å². The Bertz CT molecular complexity index is 3510. The molecule has 0 aliphatic heterocycles. The highest BCUT2D eigenvalue weighted by atomic mass is 16.3. The molecule has 0 atom stereocenters. The zero-order valence-electron chi connectivity index (χ0n) is 34.9. The van der Waals surface area contributed by atoms with Gasteiger partial charge in [0.1, 0.15) is 11.2 Å². The van der Waals surface area contributed by atoms with E-state index in [0.717, 1.165) is 21.9 Å². The minimum atomic E-state index is 0.118. The van der Waals surface area contributed by atoms with Crippen LogP contribution in [0.2, 0.25) is 0 Å². The first kappa shape index (κ1) is 35.1. The summed E-state index contributed by atoms with van der Waals surface area (Å²) < 4.78 is 8.79. The van der Waals surface area contributed by atoms with Gasteiger partial charge in [0.25, 0.3) is 0 Å². The van der Waals surface area contributed by atoms with Crippen LogP contribution in [-0.4, -0.2) is 4.40 Å². The second-order valence-corrected chi connectivity index (χ2v) is 19.1. The molecule has 0 N–H and O–H groups in total. The monoisotopic (exact) mass is 771 g/mol. The maximum Gasteiger partial charge on any atom is 0.135 e. The van der Waals surface area contributed by atoms with Gasteiger partial charge in [0.2, 0.25) is 0 Å². The van der Waals surface area contributed by atoms with Gasteiger partial charge in [-0.05, 0) is 144 Å². The summed E-state index contributed by atoms with van der Waals surface area (Å²) in [4.78, 5) is 0. The van der Waals surface area contributed by atoms with Gasteiger partial charge in [-0.2, -0.15) is 0 Å². The van der Waals surface area contributed by atoms with Crippen LogP contribution in [-0.2, 0) is 10.8 Å². The Kier molecular flexibility index (Phi) is 7.20. The van der Waals surface area contributed by atoms with Crippen molar-refractivity contribution in [3.05, 3.63) is 175 Å². The summed E-state index contributed by atoms with van der Waals surface area (Å²) in [7, 11) is 0. The summed E-state index contributed by atoms with van der Waals surface area (Å²) in [5, 5.41) is 12.4. The third kappa shape index (κ3) is 5.33. The molecule has 0 fully saturated rings. The maximum absolute atomic E-state index is 6.25. The average molecular weight is 772 g/mol. The van der Waals surface area contributed by atoms with Gasteiger partial charge in [-0.3, -0.25) is 0 Å². The van der Waals surface area contributed by atoms with E-state index in [4.69, 9.17) is 4.42 Å². The Morgan fingerprint density at radius 3 is 1.32 bits per heavy atom. The molecule has 60 heavy (non-hydrogen) atoms. The largest absolute Gasteiger partial charge is 0.456 e. The van der Waals surface area contributed by atoms with Gasteiger partial charge in [0.15, 0.2) is 0 Å². The van der Waals surface area contributed by atoms with Crippen molar-refractivity contribution >= 4 is 81.6 Å². The maximum atomic E-state index is 6.25. The molecule has 2 nitrogen and oxygen atoms in total. The number of nitrogens with zero attached hydrogens (tertiary/aromatic N) is 1. The van der Waals surface area contributed by atoms with Gasteiger partial charge in [-0.25, -0.2) is 0 Å². The molecule has 0 unspecified atom stereocenters. The fourth-order valence-electron chi connectivity index (χ4n) is 9.79. The first-order chi connectivity index (χ1) is 28.9. The Hall–Kier alpha value is -6.90. The summed E-state index contributed by atoms with van der Waals surface area (Å²) in [6, 6.07) is 61.7. The van der Waals surface area contributed by atoms with Gasteiger partial charge < -0.3 is 8.82 Å². The Morgan fingerprint density at radius 2 is 0.783 bits per heavy atom. The van der Waals surface area contributed by atoms with E-state index in [2.05, 4.69) is 204 Å². The highest BCUT2D eigenvalue weighted by Crippen LogP contribution is 2.45. The third-order valence-electron chi connectivity index (χ3n) is 13.2.